The Morgan fingerprint density at radius 3 is 2.65 bits per heavy atom. The molecule has 0 aliphatic rings. The molecule has 0 aliphatic heterocycles. The van der Waals surface area contributed by atoms with Crippen LogP contribution in [0.5, 0.6) is 5.75 Å². The Labute approximate surface area is 108 Å². The zero-order chi connectivity index (χ0) is 12.8. The fourth-order valence-corrected chi connectivity index (χ4v) is 1.88. The largest absolute Gasteiger partial charge is 0.495 e. The lowest BCUT2D eigenvalue weighted by atomic mass is 10.1. The zero-order valence-electron chi connectivity index (χ0n) is 10.5. The van der Waals surface area contributed by atoms with E-state index in [4.69, 9.17) is 16.3 Å². The van der Waals surface area contributed by atoms with Gasteiger partial charge in [-0.05, 0) is 31.0 Å². The lowest BCUT2D eigenvalue weighted by Gasteiger charge is -2.21. The van der Waals surface area contributed by atoms with Crippen LogP contribution in [0.4, 0.5) is 0 Å². The van der Waals surface area contributed by atoms with E-state index in [1.165, 1.54) is 0 Å². The first-order chi connectivity index (χ1) is 8.12. The first-order valence-corrected chi connectivity index (χ1v) is 6.20. The molecule has 1 aromatic rings. The van der Waals surface area contributed by atoms with Crippen molar-refractivity contribution in [3.8, 4) is 5.75 Å². The smallest absolute Gasteiger partial charge is 0.137 e. The fraction of sp³-hybridized carbons (Fsp3) is 0.538. The maximum Gasteiger partial charge on any atom is 0.137 e. The third-order valence-corrected chi connectivity index (χ3v) is 3.15. The van der Waals surface area contributed by atoms with Crippen molar-refractivity contribution in [1.82, 2.24) is 5.32 Å². The van der Waals surface area contributed by atoms with Gasteiger partial charge in [0, 0.05) is 6.04 Å². The molecule has 3 nitrogen and oxygen atoms in total. The maximum atomic E-state index is 9.40. The number of halogens is 1. The van der Waals surface area contributed by atoms with Crippen molar-refractivity contribution in [2.45, 2.75) is 32.4 Å². The summed E-state index contributed by atoms with van der Waals surface area (Å²) in [6.07, 6.45) is 1.01. The van der Waals surface area contributed by atoms with Crippen molar-refractivity contribution in [3.63, 3.8) is 0 Å². The minimum absolute atomic E-state index is 0.0486. The molecule has 0 aromatic heterocycles. The van der Waals surface area contributed by atoms with Gasteiger partial charge in [-0.1, -0.05) is 24.6 Å². The lowest BCUT2D eigenvalue weighted by Crippen LogP contribution is -2.32. The fourth-order valence-electron chi connectivity index (χ4n) is 1.62. The van der Waals surface area contributed by atoms with Crippen LogP contribution in [-0.4, -0.2) is 24.9 Å². The highest BCUT2D eigenvalue weighted by atomic mass is 35.5. The van der Waals surface area contributed by atoms with Crippen molar-refractivity contribution in [1.29, 1.82) is 0 Å². The second-order valence-corrected chi connectivity index (χ2v) is 4.51. The van der Waals surface area contributed by atoms with Crippen molar-refractivity contribution < 1.29 is 9.84 Å². The molecule has 0 spiro atoms. The number of hydrogen-bond acceptors (Lipinski definition) is 3. The molecule has 0 saturated carbocycles. The summed E-state index contributed by atoms with van der Waals surface area (Å²) in [4.78, 5) is 0. The van der Waals surface area contributed by atoms with Gasteiger partial charge in [0.15, 0.2) is 0 Å². The first-order valence-electron chi connectivity index (χ1n) is 5.82. The Balaban J connectivity index is 2.85. The maximum absolute atomic E-state index is 9.40. The minimum atomic E-state index is -0.0895. The third kappa shape index (κ3) is 3.87. The van der Waals surface area contributed by atoms with E-state index >= 15 is 0 Å². The van der Waals surface area contributed by atoms with E-state index in [9.17, 15) is 5.11 Å². The minimum Gasteiger partial charge on any atom is -0.495 e. The Kier molecular flexibility index (Phi) is 5.75. The average molecular weight is 258 g/mol. The highest BCUT2D eigenvalue weighted by Crippen LogP contribution is 2.27. The number of rotatable bonds is 6. The monoisotopic (exact) mass is 257 g/mol. The van der Waals surface area contributed by atoms with Crippen LogP contribution in [0.15, 0.2) is 18.2 Å². The van der Waals surface area contributed by atoms with Crippen LogP contribution < -0.4 is 10.1 Å². The Bertz CT molecular complexity index is 357. The van der Waals surface area contributed by atoms with Crippen molar-refractivity contribution in [2.75, 3.05) is 13.7 Å². The van der Waals surface area contributed by atoms with Gasteiger partial charge in [0.2, 0.25) is 0 Å². The Hall–Kier alpha value is -0.770. The molecule has 2 N–H and O–H groups in total. The summed E-state index contributed by atoms with van der Waals surface area (Å²) in [5, 5.41) is 13.3. The van der Waals surface area contributed by atoms with Crippen molar-refractivity contribution in [2.24, 2.45) is 0 Å². The second-order valence-electron chi connectivity index (χ2n) is 4.11. The zero-order valence-corrected chi connectivity index (χ0v) is 11.3. The topological polar surface area (TPSA) is 41.5 Å². The van der Waals surface area contributed by atoms with Gasteiger partial charge in [-0.25, -0.2) is 0 Å². The number of hydrogen-bond donors (Lipinski definition) is 2. The van der Waals surface area contributed by atoms with Gasteiger partial charge in [0.25, 0.3) is 0 Å². The normalized spacial score (nSPS) is 14.4. The quantitative estimate of drug-likeness (QED) is 0.824. The molecule has 0 heterocycles. The summed E-state index contributed by atoms with van der Waals surface area (Å²) in [6.45, 7) is 4.24. The standard InChI is InChI=1S/C13H20ClNO2/c1-4-9(2)15-12(8-16)10-5-6-13(17-3)11(14)7-10/h5-7,9,12,15-16H,4,8H2,1-3H3. The van der Waals surface area contributed by atoms with Crippen LogP contribution in [-0.2, 0) is 0 Å². The molecule has 2 atom stereocenters. The Morgan fingerprint density at radius 2 is 2.18 bits per heavy atom. The molecule has 96 valence electrons. The molecule has 17 heavy (non-hydrogen) atoms. The number of nitrogens with one attached hydrogen (secondary N) is 1. The third-order valence-electron chi connectivity index (χ3n) is 2.86. The van der Waals surface area contributed by atoms with Gasteiger partial charge >= 0.3 is 0 Å². The highest BCUT2D eigenvalue weighted by Gasteiger charge is 2.14. The average Bonchev–Trinajstić information content (AvgIpc) is 2.35. The van der Waals surface area contributed by atoms with Gasteiger partial charge in [-0.2, -0.15) is 0 Å². The van der Waals surface area contributed by atoms with E-state index in [1.807, 2.05) is 18.2 Å². The van der Waals surface area contributed by atoms with Crippen LogP contribution in [0.3, 0.4) is 0 Å². The van der Waals surface area contributed by atoms with E-state index in [2.05, 4.69) is 19.2 Å². The molecule has 0 radical (unpaired) electrons. The number of aliphatic hydroxyl groups excluding tert-OH is 1. The summed E-state index contributed by atoms with van der Waals surface area (Å²) in [5.41, 5.74) is 0.971. The molecule has 0 bridgehead atoms. The van der Waals surface area contributed by atoms with E-state index < -0.39 is 0 Å². The van der Waals surface area contributed by atoms with Gasteiger partial charge in [0.05, 0.1) is 24.8 Å². The van der Waals surface area contributed by atoms with Crippen LogP contribution >= 0.6 is 11.6 Å². The first kappa shape index (κ1) is 14.3. The van der Waals surface area contributed by atoms with E-state index in [-0.39, 0.29) is 12.6 Å². The number of ether oxygens (including phenoxy) is 1. The molecule has 0 aliphatic carbocycles. The molecular weight excluding hydrogens is 238 g/mol. The molecule has 1 rings (SSSR count). The molecule has 1 aromatic carbocycles. The molecular formula is C13H20ClNO2. The van der Waals surface area contributed by atoms with Gasteiger partial charge in [0.1, 0.15) is 5.75 Å². The van der Waals surface area contributed by atoms with Gasteiger partial charge < -0.3 is 15.2 Å². The SMILES string of the molecule is CCC(C)NC(CO)c1ccc(OC)c(Cl)c1. The van der Waals surface area contributed by atoms with Crippen molar-refractivity contribution >= 4 is 11.6 Å². The summed E-state index contributed by atoms with van der Waals surface area (Å²) in [6, 6.07) is 5.83. The van der Waals surface area contributed by atoms with Crippen LogP contribution in [0.1, 0.15) is 31.9 Å². The van der Waals surface area contributed by atoms with Crippen LogP contribution in [0.2, 0.25) is 5.02 Å². The predicted octanol–water partition coefficient (Wildman–Crippen LogP) is 2.77. The molecule has 4 heteroatoms. The summed E-state index contributed by atoms with van der Waals surface area (Å²) < 4.78 is 5.10. The molecule has 0 fully saturated rings. The second kappa shape index (κ2) is 6.84. The van der Waals surface area contributed by atoms with Gasteiger partial charge in [-0.3, -0.25) is 0 Å². The summed E-state index contributed by atoms with van der Waals surface area (Å²) in [5.74, 6) is 0.649. The van der Waals surface area contributed by atoms with Crippen LogP contribution in [0.25, 0.3) is 0 Å². The highest BCUT2D eigenvalue weighted by molar-refractivity contribution is 6.32. The molecule has 2 unspecified atom stereocenters. The number of benzene rings is 1. The number of aliphatic hydroxyl groups is 1. The molecule has 0 amide bonds. The predicted molar refractivity (Wildman–Crippen MR) is 70.7 cm³/mol. The van der Waals surface area contributed by atoms with E-state index in [1.54, 1.807) is 7.11 Å². The lowest BCUT2D eigenvalue weighted by molar-refractivity contribution is 0.234. The number of methoxy groups -OCH3 is 1. The molecule has 0 saturated heterocycles. The Morgan fingerprint density at radius 1 is 1.47 bits per heavy atom. The van der Waals surface area contributed by atoms with Crippen LogP contribution in [0, 0.1) is 0 Å². The summed E-state index contributed by atoms with van der Waals surface area (Å²) in [7, 11) is 1.59. The van der Waals surface area contributed by atoms with Crippen molar-refractivity contribution in [3.05, 3.63) is 28.8 Å². The van der Waals surface area contributed by atoms with E-state index in [0.717, 1.165) is 12.0 Å². The van der Waals surface area contributed by atoms with E-state index in [0.29, 0.717) is 16.8 Å². The summed E-state index contributed by atoms with van der Waals surface area (Å²) >= 11 is 6.07. The van der Waals surface area contributed by atoms with Gasteiger partial charge in [-0.15, -0.1) is 0 Å².